The highest BCUT2D eigenvalue weighted by atomic mass is 35.5. The molecule has 3 rings (SSSR count). The molecule has 166 valence electrons. The molecule has 1 aromatic carbocycles. The van der Waals surface area contributed by atoms with Gasteiger partial charge in [-0.2, -0.15) is 4.98 Å². The molecule has 0 saturated heterocycles. The lowest BCUT2D eigenvalue weighted by molar-refractivity contribution is -0.0914. The highest BCUT2D eigenvalue weighted by molar-refractivity contribution is 6.30. The number of fused-ring (bicyclic) bond motifs is 1. The molecule has 11 heteroatoms. The van der Waals surface area contributed by atoms with Crippen molar-refractivity contribution in [2.24, 2.45) is 0 Å². The summed E-state index contributed by atoms with van der Waals surface area (Å²) in [4.78, 5) is 12.8. The standard InChI is InChI=1S/C20H21ClF3N5O2/c1-10(11-5-4-6-12(17(11)22)18(23)24)27-19-13-7-15(21)25-8-14(13)28-20(29-19)26-9-16(30-2)31-3/h4-8,10,16,18H,9H2,1-3H3,(H2,26,27,28,29)/t10-/m1/s1. The van der Waals surface area contributed by atoms with Crippen LogP contribution in [0.15, 0.2) is 30.5 Å². The monoisotopic (exact) mass is 455 g/mol. The number of aromatic nitrogens is 3. The Morgan fingerprint density at radius 2 is 1.84 bits per heavy atom. The second-order valence-corrected chi connectivity index (χ2v) is 7.01. The summed E-state index contributed by atoms with van der Waals surface area (Å²) < 4.78 is 51.0. The maximum Gasteiger partial charge on any atom is 0.266 e. The van der Waals surface area contributed by atoms with Crippen molar-refractivity contribution >= 4 is 34.3 Å². The summed E-state index contributed by atoms with van der Waals surface area (Å²) in [6, 6.07) is 4.78. The van der Waals surface area contributed by atoms with Crippen LogP contribution >= 0.6 is 11.6 Å². The Balaban J connectivity index is 1.96. The van der Waals surface area contributed by atoms with E-state index in [2.05, 4.69) is 25.6 Å². The van der Waals surface area contributed by atoms with Gasteiger partial charge in [0.1, 0.15) is 16.8 Å². The molecule has 3 aromatic rings. The molecule has 0 amide bonds. The largest absolute Gasteiger partial charge is 0.363 e. The quantitative estimate of drug-likeness (QED) is 0.348. The Hall–Kier alpha value is -2.69. The van der Waals surface area contributed by atoms with Gasteiger partial charge in [0.25, 0.3) is 6.43 Å². The van der Waals surface area contributed by atoms with Crippen molar-refractivity contribution in [2.45, 2.75) is 25.7 Å². The number of methoxy groups -OCH3 is 2. The van der Waals surface area contributed by atoms with E-state index in [9.17, 15) is 13.2 Å². The minimum absolute atomic E-state index is 0.0815. The summed E-state index contributed by atoms with van der Waals surface area (Å²) in [5, 5.41) is 6.82. The summed E-state index contributed by atoms with van der Waals surface area (Å²) >= 11 is 6.02. The van der Waals surface area contributed by atoms with Crippen molar-refractivity contribution in [2.75, 3.05) is 31.4 Å². The first-order valence-electron chi connectivity index (χ1n) is 9.29. The highest BCUT2D eigenvalue weighted by Crippen LogP contribution is 2.31. The minimum atomic E-state index is -2.91. The summed E-state index contributed by atoms with van der Waals surface area (Å²) in [7, 11) is 3.00. The molecule has 0 radical (unpaired) electrons. The van der Waals surface area contributed by atoms with Crippen molar-refractivity contribution in [1.82, 2.24) is 15.0 Å². The molecule has 1 atom stereocenters. The third kappa shape index (κ3) is 5.33. The van der Waals surface area contributed by atoms with E-state index >= 15 is 0 Å². The molecule has 0 aliphatic rings. The van der Waals surface area contributed by atoms with E-state index in [1.165, 1.54) is 32.5 Å². The second-order valence-electron chi connectivity index (χ2n) is 6.62. The number of nitrogens with zero attached hydrogens (tertiary/aromatic N) is 3. The molecule has 0 fully saturated rings. The molecule has 31 heavy (non-hydrogen) atoms. The molecule has 2 N–H and O–H groups in total. The number of anilines is 2. The van der Waals surface area contributed by atoms with Gasteiger partial charge >= 0.3 is 0 Å². The molecule has 0 saturated carbocycles. The van der Waals surface area contributed by atoms with Crippen LogP contribution in [0.1, 0.15) is 30.5 Å². The summed E-state index contributed by atoms with van der Waals surface area (Å²) in [6.45, 7) is 1.91. The predicted molar refractivity (Wildman–Crippen MR) is 112 cm³/mol. The van der Waals surface area contributed by atoms with Gasteiger partial charge in [0.15, 0.2) is 6.29 Å². The van der Waals surface area contributed by atoms with E-state index in [1.54, 1.807) is 13.0 Å². The summed E-state index contributed by atoms with van der Waals surface area (Å²) in [5.41, 5.74) is -0.0960. The van der Waals surface area contributed by atoms with Crippen molar-refractivity contribution < 1.29 is 22.6 Å². The maximum atomic E-state index is 14.6. The zero-order chi connectivity index (χ0) is 22.5. The van der Waals surface area contributed by atoms with Crippen LogP contribution in [0.4, 0.5) is 24.9 Å². The maximum absolute atomic E-state index is 14.6. The van der Waals surface area contributed by atoms with Gasteiger partial charge in [-0.05, 0) is 13.0 Å². The Bertz CT molecular complexity index is 1050. The zero-order valence-corrected chi connectivity index (χ0v) is 17.8. The van der Waals surface area contributed by atoms with E-state index in [4.69, 9.17) is 21.1 Å². The molecular weight excluding hydrogens is 435 g/mol. The van der Waals surface area contributed by atoms with Crippen LogP contribution in [0.25, 0.3) is 10.9 Å². The van der Waals surface area contributed by atoms with E-state index in [0.29, 0.717) is 16.7 Å². The van der Waals surface area contributed by atoms with Gasteiger partial charge < -0.3 is 20.1 Å². The lowest BCUT2D eigenvalue weighted by Crippen LogP contribution is -2.24. The third-order valence-corrected chi connectivity index (χ3v) is 4.82. The van der Waals surface area contributed by atoms with Gasteiger partial charge in [0, 0.05) is 25.2 Å². The lowest BCUT2D eigenvalue weighted by Gasteiger charge is -2.19. The molecule has 0 unspecified atom stereocenters. The van der Waals surface area contributed by atoms with Crippen LogP contribution < -0.4 is 10.6 Å². The molecule has 2 heterocycles. The predicted octanol–water partition coefficient (Wildman–Crippen LogP) is 4.96. The summed E-state index contributed by atoms with van der Waals surface area (Å²) in [6.07, 6.45) is -1.96. The van der Waals surface area contributed by atoms with Crippen molar-refractivity contribution in [3.05, 3.63) is 52.6 Å². The van der Waals surface area contributed by atoms with Gasteiger partial charge in [0.05, 0.1) is 29.9 Å². The van der Waals surface area contributed by atoms with Gasteiger partial charge in [-0.25, -0.2) is 23.1 Å². The molecule has 0 bridgehead atoms. The number of ether oxygens (including phenoxy) is 2. The van der Waals surface area contributed by atoms with E-state index < -0.39 is 30.1 Å². The fourth-order valence-electron chi connectivity index (χ4n) is 2.99. The first kappa shape index (κ1) is 23.0. The normalized spacial score (nSPS) is 12.5. The lowest BCUT2D eigenvalue weighted by atomic mass is 10.0. The number of nitrogens with one attached hydrogen (secondary N) is 2. The number of pyridine rings is 1. The molecule has 7 nitrogen and oxygen atoms in total. The molecule has 0 aliphatic carbocycles. The molecular formula is C20H21ClF3N5O2. The van der Waals surface area contributed by atoms with E-state index in [0.717, 1.165) is 6.07 Å². The van der Waals surface area contributed by atoms with Gasteiger partial charge in [-0.1, -0.05) is 29.8 Å². The van der Waals surface area contributed by atoms with Crippen LogP contribution in [-0.4, -0.2) is 42.0 Å². The second kappa shape index (κ2) is 10.1. The van der Waals surface area contributed by atoms with Crippen LogP contribution in [-0.2, 0) is 9.47 Å². The van der Waals surface area contributed by atoms with Crippen molar-refractivity contribution in [3.63, 3.8) is 0 Å². The van der Waals surface area contributed by atoms with E-state index in [-0.39, 0.29) is 23.2 Å². The SMILES string of the molecule is COC(CNc1nc(N[C@H](C)c2cccc(C(F)F)c2F)c2cc(Cl)ncc2n1)OC. The smallest absolute Gasteiger partial charge is 0.266 e. The highest BCUT2D eigenvalue weighted by Gasteiger charge is 2.21. The molecule has 0 spiro atoms. The van der Waals surface area contributed by atoms with Crippen LogP contribution in [0.5, 0.6) is 0 Å². The van der Waals surface area contributed by atoms with Crippen molar-refractivity contribution in [1.29, 1.82) is 0 Å². The number of alkyl halides is 2. The Kier molecular flexibility index (Phi) is 7.47. The van der Waals surface area contributed by atoms with Crippen LogP contribution in [0.2, 0.25) is 5.15 Å². The number of hydrogen-bond donors (Lipinski definition) is 2. The Morgan fingerprint density at radius 3 is 2.52 bits per heavy atom. The van der Waals surface area contributed by atoms with Gasteiger partial charge in [0.2, 0.25) is 5.95 Å². The summed E-state index contributed by atoms with van der Waals surface area (Å²) in [5.74, 6) is -0.387. The molecule has 0 aliphatic heterocycles. The Morgan fingerprint density at radius 1 is 1.13 bits per heavy atom. The van der Waals surface area contributed by atoms with Crippen molar-refractivity contribution in [3.8, 4) is 0 Å². The van der Waals surface area contributed by atoms with Gasteiger partial charge in [-0.15, -0.1) is 0 Å². The molecule has 2 aromatic heterocycles. The number of hydrogen-bond acceptors (Lipinski definition) is 7. The average molecular weight is 456 g/mol. The number of halogens is 4. The first-order valence-corrected chi connectivity index (χ1v) is 9.67. The topological polar surface area (TPSA) is 81.2 Å². The average Bonchev–Trinajstić information content (AvgIpc) is 2.74. The number of benzene rings is 1. The zero-order valence-electron chi connectivity index (χ0n) is 17.0. The van der Waals surface area contributed by atoms with Crippen LogP contribution in [0.3, 0.4) is 0 Å². The fraction of sp³-hybridized carbons (Fsp3) is 0.350. The fourth-order valence-corrected chi connectivity index (χ4v) is 3.15. The van der Waals surface area contributed by atoms with E-state index in [1.807, 2.05) is 0 Å². The van der Waals surface area contributed by atoms with Crippen LogP contribution in [0, 0.1) is 5.82 Å². The first-order chi connectivity index (χ1) is 14.8. The number of rotatable bonds is 9. The third-order valence-electron chi connectivity index (χ3n) is 4.61. The minimum Gasteiger partial charge on any atom is -0.363 e. The van der Waals surface area contributed by atoms with Gasteiger partial charge in [-0.3, -0.25) is 0 Å². The Labute approximate surface area is 182 Å².